The predicted molar refractivity (Wildman–Crippen MR) is 115 cm³/mol. The average molecular weight is 423 g/mol. The van der Waals surface area contributed by atoms with Gasteiger partial charge in [-0.2, -0.15) is 5.10 Å². The molecule has 0 saturated heterocycles. The highest BCUT2D eigenvalue weighted by Crippen LogP contribution is 2.45. The number of hydrogen-bond acceptors (Lipinski definition) is 4. The Morgan fingerprint density at radius 3 is 2.77 bits per heavy atom. The number of ether oxygens (including phenoxy) is 1. The Bertz CT molecular complexity index is 1110. The van der Waals surface area contributed by atoms with Crippen molar-refractivity contribution in [3.8, 4) is 17.0 Å². The molecule has 1 aliphatic heterocycles. The molecule has 2 heterocycles. The highest BCUT2D eigenvalue weighted by Gasteiger charge is 2.43. The number of carbonyl (C=O) groups excluding carboxylic acids is 1. The van der Waals surface area contributed by atoms with Gasteiger partial charge in [-0.1, -0.05) is 29.8 Å². The van der Waals surface area contributed by atoms with Crippen LogP contribution in [0.1, 0.15) is 53.5 Å². The summed E-state index contributed by atoms with van der Waals surface area (Å²) in [5.74, 6) is -0.570. The van der Waals surface area contributed by atoms with Crippen LogP contribution in [-0.2, 0) is 4.74 Å². The molecule has 1 unspecified atom stereocenters. The molecule has 2 N–H and O–H groups in total. The lowest BCUT2D eigenvalue weighted by Gasteiger charge is -2.27. The fourth-order valence-corrected chi connectivity index (χ4v) is 4.05. The van der Waals surface area contributed by atoms with Crippen LogP contribution in [0.3, 0.4) is 0 Å². The number of fused-ring (bicyclic) bond motifs is 1. The number of H-pyrrole nitrogens is 1. The van der Waals surface area contributed by atoms with E-state index in [2.05, 4.69) is 10.2 Å². The van der Waals surface area contributed by atoms with Crippen molar-refractivity contribution >= 4 is 5.91 Å². The van der Waals surface area contributed by atoms with Crippen LogP contribution in [0.2, 0.25) is 0 Å². The number of amides is 1. The molecule has 7 heteroatoms. The number of phenols is 1. The van der Waals surface area contributed by atoms with Crippen LogP contribution in [-0.4, -0.2) is 45.4 Å². The van der Waals surface area contributed by atoms with Crippen LogP contribution in [0.15, 0.2) is 42.5 Å². The van der Waals surface area contributed by atoms with Crippen molar-refractivity contribution in [1.29, 1.82) is 0 Å². The van der Waals surface area contributed by atoms with Crippen LogP contribution in [0, 0.1) is 12.7 Å². The number of phenolic OH excluding ortho intramolecular Hbond substituents is 1. The molecule has 162 valence electrons. The van der Waals surface area contributed by atoms with Crippen molar-refractivity contribution in [3.63, 3.8) is 0 Å². The van der Waals surface area contributed by atoms with Gasteiger partial charge < -0.3 is 14.7 Å². The summed E-state index contributed by atoms with van der Waals surface area (Å²) in [5.41, 5.74) is 3.22. The van der Waals surface area contributed by atoms with Gasteiger partial charge in [0.2, 0.25) is 0 Å². The molecule has 31 heavy (non-hydrogen) atoms. The van der Waals surface area contributed by atoms with Gasteiger partial charge in [0.05, 0.1) is 12.1 Å². The van der Waals surface area contributed by atoms with Crippen molar-refractivity contribution in [2.45, 2.75) is 39.3 Å². The van der Waals surface area contributed by atoms with Gasteiger partial charge in [-0.05, 0) is 45.4 Å². The number of aryl methyl sites for hydroxylation is 1. The van der Waals surface area contributed by atoms with E-state index in [1.807, 2.05) is 26.8 Å². The summed E-state index contributed by atoms with van der Waals surface area (Å²) < 4.78 is 20.5. The number of carbonyl (C=O) groups is 1. The standard InChI is InChI=1S/C24H26FN3O3/c1-14(2)31-12-6-11-28-23(16-7-4-5-8-18(16)25)20-21(26-27-22(20)24(28)30)17-13-15(3)9-10-19(17)29/h4-5,7-10,13-14,23,29H,6,11-12H2,1-3H3,(H,26,27). The maximum atomic E-state index is 14.9. The first-order valence-corrected chi connectivity index (χ1v) is 10.4. The third-order valence-electron chi connectivity index (χ3n) is 5.47. The maximum Gasteiger partial charge on any atom is 0.273 e. The van der Waals surface area contributed by atoms with Crippen molar-refractivity contribution in [2.24, 2.45) is 0 Å². The van der Waals surface area contributed by atoms with E-state index in [9.17, 15) is 14.3 Å². The van der Waals surface area contributed by atoms with E-state index in [1.165, 1.54) is 6.07 Å². The number of hydrogen-bond donors (Lipinski definition) is 2. The molecule has 1 atom stereocenters. The lowest BCUT2D eigenvalue weighted by atomic mass is 9.94. The first kappa shape index (κ1) is 21.1. The highest BCUT2D eigenvalue weighted by atomic mass is 19.1. The van der Waals surface area contributed by atoms with Crippen LogP contribution in [0.25, 0.3) is 11.3 Å². The molecular formula is C24H26FN3O3. The van der Waals surface area contributed by atoms with Crippen LogP contribution in [0.5, 0.6) is 5.75 Å². The maximum absolute atomic E-state index is 14.9. The van der Waals surface area contributed by atoms with E-state index < -0.39 is 11.9 Å². The highest BCUT2D eigenvalue weighted by molar-refractivity contribution is 6.00. The van der Waals surface area contributed by atoms with Gasteiger partial charge in [0, 0.05) is 29.8 Å². The van der Waals surface area contributed by atoms with Crippen molar-refractivity contribution < 1.29 is 19.0 Å². The third-order valence-corrected chi connectivity index (χ3v) is 5.47. The number of benzene rings is 2. The quantitative estimate of drug-likeness (QED) is 0.545. The van der Waals surface area contributed by atoms with Crippen LogP contribution < -0.4 is 0 Å². The summed E-state index contributed by atoms with van der Waals surface area (Å²) in [6.07, 6.45) is 0.724. The van der Waals surface area contributed by atoms with Gasteiger partial charge in [-0.15, -0.1) is 0 Å². The lowest BCUT2D eigenvalue weighted by molar-refractivity contribution is 0.0599. The molecule has 1 aromatic heterocycles. The molecule has 0 fully saturated rings. The second-order valence-electron chi connectivity index (χ2n) is 8.08. The minimum atomic E-state index is -0.642. The fraction of sp³-hybridized carbons (Fsp3) is 0.333. The molecule has 2 aromatic carbocycles. The smallest absolute Gasteiger partial charge is 0.273 e. The summed E-state index contributed by atoms with van der Waals surface area (Å²) in [7, 11) is 0. The Morgan fingerprint density at radius 1 is 1.26 bits per heavy atom. The van der Waals surface area contributed by atoms with E-state index in [0.717, 1.165) is 5.56 Å². The van der Waals surface area contributed by atoms with Gasteiger partial charge in [0.15, 0.2) is 0 Å². The fourth-order valence-electron chi connectivity index (χ4n) is 4.05. The molecule has 6 nitrogen and oxygen atoms in total. The monoisotopic (exact) mass is 423 g/mol. The SMILES string of the molecule is Cc1ccc(O)c(-c2n[nH]c3c2C(c2ccccc2F)N(CCCOC(C)C)C3=O)c1. The molecule has 0 radical (unpaired) electrons. The predicted octanol–water partition coefficient (Wildman–Crippen LogP) is 4.59. The van der Waals surface area contributed by atoms with Crippen molar-refractivity contribution in [1.82, 2.24) is 15.1 Å². The van der Waals surface area contributed by atoms with Gasteiger partial charge in [-0.3, -0.25) is 9.89 Å². The van der Waals surface area contributed by atoms with E-state index in [-0.39, 0.29) is 17.8 Å². The summed E-state index contributed by atoms with van der Waals surface area (Å²) in [5, 5.41) is 17.6. The second kappa shape index (κ2) is 8.51. The Kier molecular flexibility index (Phi) is 5.78. The Labute approximate surface area is 180 Å². The number of nitrogens with one attached hydrogen (secondary N) is 1. The minimum absolute atomic E-state index is 0.0587. The zero-order valence-corrected chi connectivity index (χ0v) is 17.9. The summed E-state index contributed by atoms with van der Waals surface area (Å²) in [6, 6.07) is 11.0. The molecular weight excluding hydrogens is 397 g/mol. The zero-order valence-electron chi connectivity index (χ0n) is 17.9. The zero-order chi connectivity index (χ0) is 22.1. The number of aromatic nitrogens is 2. The summed E-state index contributed by atoms with van der Waals surface area (Å²) >= 11 is 0. The Morgan fingerprint density at radius 2 is 2.03 bits per heavy atom. The summed E-state index contributed by atoms with van der Waals surface area (Å²) in [4.78, 5) is 14.9. The number of aromatic amines is 1. The van der Waals surface area contributed by atoms with Gasteiger partial charge in [0.1, 0.15) is 23.0 Å². The van der Waals surface area contributed by atoms with Crippen molar-refractivity contribution in [2.75, 3.05) is 13.2 Å². The lowest BCUT2D eigenvalue weighted by Crippen LogP contribution is -2.31. The van der Waals surface area contributed by atoms with Crippen molar-refractivity contribution in [3.05, 3.63) is 70.7 Å². The molecule has 0 bridgehead atoms. The summed E-state index contributed by atoms with van der Waals surface area (Å²) in [6.45, 7) is 6.74. The number of rotatable bonds is 7. The van der Waals surface area contributed by atoms with Gasteiger partial charge >= 0.3 is 0 Å². The van der Waals surface area contributed by atoms with Gasteiger partial charge in [-0.25, -0.2) is 4.39 Å². The second-order valence-corrected chi connectivity index (χ2v) is 8.08. The topological polar surface area (TPSA) is 78.5 Å². The first-order chi connectivity index (χ1) is 14.9. The first-order valence-electron chi connectivity index (χ1n) is 10.4. The van der Waals surface area contributed by atoms with E-state index >= 15 is 0 Å². The number of halogens is 1. The van der Waals surface area contributed by atoms with E-state index in [1.54, 1.807) is 35.2 Å². The third kappa shape index (κ3) is 3.93. The Hall–Kier alpha value is -3.19. The molecule has 1 aliphatic rings. The minimum Gasteiger partial charge on any atom is -0.507 e. The van der Waals surface area contributed by atoms with Crippen LogP contribution in [0.4, 0.5) is 4.39 Å². The number of aromatic hydroxyl groups is 1. The molecule has 0 aliphatic carbocycles. The molecule has 0 spiro atoms. The normalized spacial score (nSPS) is 15.7. The average Bonchev–Trinajstić information content (AvgIpc) is 3.27. The Balaban J connectivity index is 1.79. The van der Waals surface area contributed by atoms with Gasteiger partial charge in [0.25, 0.3) is 5.91 Å². The largest absolute Gasteiger partial charge is 0.507 e. The number of nitrogens with zero attached hydrogens (tertiary/aromatic N) is 2. The molecule has 3 aromatic rings. The van der Waals surface area contributed by atoms with E-state index in [4.69, 9.17) is 4.74 Å². The van der Waals surface area contributed by atoms with Crippen LogP contribution >= 0.6 is 0 Å². The van der Waals surface area contributed by atoms with E-state index in [0.29, 0.717) is 47.7 Å². The molecule has 0 saturated carbocycles. The molecule has 1 amide bonds. The molecule has 4 rings (SSSR count).